The van der Waals surface area contributed by atoms with Crippen LogP contribution in [-0.4, -0.2) is 8.42 Å². The fourth-order valence-corrected chi connectivity index (χ4v) is 2.53. The van der Waals surface area contributed by atoms with Crippen molar-refractivity contribution in [1.82, 2.24) is 0 Å². The molecule has 2 aromatic rings. The van der Waals surface area contributed by atoms with Crippen molar-refractivity contribution >= 4 is 21.4 Å². The molecule has 0 aliphatic heterocycles. The van der Waals surface area contributed by atoms with Crippen LogP contribution in [0.15, 0.2) is 59.5 Å². The third-order valence-corrected chi connectivity index (χ3v) is 3.68. The Morgan fingerprint density at radius 1 is 1.00 bits per heavy atom. The largest absolute Gasteiger partial charge is 0.397 e. The van der Waals surface area contributed by atoms with Gasteiger partial charge in [-0.3, -0.25) is 0 Å². The maximum absolute atomic E-state index is 12.1. The number of rotatable bonds is 3. The van der Waals surface area contributed by atoms with E-state index in [0.29, 0.717) is 16.3 Å². The third kappa shape index (κ3) is 2.57. The van der Waals surface area contributed by atoms with Crippen LogP contribution in [-0.2, 0) is 10.0 Å². The van der Waals surface area contributed by atoms with Gasteiger partial charge in [-0.25, -0.2) is 8.93 Å². The van der Waals surface area contributed by atoms with Crippen molar-refractivity contribution in [1.29, 1.82) is 0 Å². The molecule has 0 saturated carbocycles. The molecule has 5 heteroatoms. The van der Waals surface area contributed by atoms with Crippen LogP contribution >= 0.6 is 0 Å². The summed E-state index contributed by atoms with van der Waals surface area (Å²) in [5.41, 5.74) is 6.59. The van der Waals surface area contributed by atoms with E-state index >= 15 is 0 Å². The predicted molar refractivity (Wildman–Crippen MR) is 69.3 cm³/mol. The number of nitrogen functional groups attached to an aromatic ring is 1. The molecule has 0 saturated heterocycles. The highest BCUT2D eigenvalue weighted by atomic mass is 32.2. The first kappa shape index (κ1) is 11.5. The topological polar surface area (TPSA) is 76.5 Å². The summed E-state index contributed by atoms with van der Waals surface area (Å²) in [5, 5.41) is 0. The lowest BCUT2D eigenvalue weighted by atomic mass is 10.3. The van der Waals surface area contributed by atoms with E-state index in [-0.39, 0.29) is 0 Å². The monoisotopic (exact) mass is 249 g/mol. The molecule has 2 rings (SSSR count). The maximum Gasteiger partial charge on any atom is 0.396 e. The van der Waals surface area contributed by atoms with Crippen LogP contribution in [0.25, 0.3) is 0 Å². The van der Waals surface area contributed by atoms with E-state index < -0.39 is 10.0 Å². The van der Waals surface area contributed by atoms with Gasteiger partial charge in [0.15, 0.2) is 0 Å². The number of nitrogens with one attached hydrogen (secondary N) is 1. The van der Waals surface area contributed by atoms with E-state index in [2.05, 4.69) is 4.72 Å². The highest BCUT2D eigenvalue weighted by molar-refractivity contribution is 7.92. The van der Waals surface area contributed by atoms with Crippen LogP contribution < -0.4 is 10.5 Å². The Morgan fingerprint density at radius 3 is 2.24 bits per heavy atom. The Balaban J connectivity index is 2.34. The Labute approximate surface area is 100 Å². The summed E-state index contributed by atoms with van der Waals surface area (Å²) < 4.78 is 24.6. The van der Waals surface area contributed by atoms with Gasteiger partial charge >= 0.3 is 10.0 Å². The minimum atomic E-state index is -3.32. The molecule has 0 radical (unpaired) electrons. The van der Waals surface area contributed by atoms with E-state index in [1.165, 1.54) is 0 Å². The van der Waals surface area contributed by atoms with Gasteiger partial charge in [-0.2, -0.15) is 4.21 Å². The zero-order valence-electron chi connectivity index (χ0n) is 9.04. The summed E-state index contributed by atoms with van der Waals surface area (Å²) in [5.74, 6) is 0. The molecule has 0 aliphatic carbocycles. The quantitative estimate of drug-likeness (QED) is 0.646. The third-order valence-electron chi connectivity index (χ3n) is 2.27. The van der Waals surface area contributed by atoms with E-state index in [1.807, 2.05) is 0 Å². The molecule has 4 nitrogen and oxygen atoms in total. The van der Waals surface area contributed by atoms with Crippen LogP contribution in [0, 0.1) is 0 Å². The summed E-state index contributed by atoms with van der Waals surface area (Å²) in [6.07, 6.45) is 0. The molecule has 1 unspecified atom stereocenters. The standard InChI is InChI=1S/C12H12N2O2S/c13-11-8-4-5-9-12(11)14-17(15,16)10-6-2-1-3-7-10/h1-9H,13H2,(H,14,15,16)/p+1. The van der Waals surface area contributed by atoms with E-state index in [1.54, 1.807) is 54.6 Å². The second-order valence-electron chi connectivity index (χ2n) is 3.53. The lowest BCUT2D eigenvalue weighted by Gasteiger charge is -2.06. The fraction of sp³-hybridized carbons (Fsp3) is 0. The first-order valence-electron chi connectivity index (χ1n) is 5.03. The smallest absolute Gasteiger partial charge is 0.396 e. The zero-order valence-corrected chi connectivity index (χ0v) is 9.85. The SMILES string of the molecule is Nc1ccccc1NS(=O)(=[OH+])c1ccccc1. The lowest BCUT2D eigenvalue weighted by molar-refractivity contribution is 0.620. The van der Waals surface area contributed by atoms with Crippen LogP contribution in [0.1, 0.15) is 0 Å². The number of benzene rings is 2. The molecule has 0 spiro atoms. The molecular formula is C12H13N2O2S+. The first-order valence-corrected chi connectivity index (χ1v) is 6.55. The summed E-state index contributed by atoms with van der Waals surface area (Å²) in [7, 11) is -3.32. The Kier molecular flexibility index (Phi) is 3.01. The molecule has 0 aromatic heterocycles. The summed E-state index contributed by atoms with van der Waals surface area (Å²) in [4.78, 5) is 0.322. The molecule has 0 fully saturated rings. The van der Waals surface area contributed by atoms with Crippen LogP contribution in [0.5, 0.6) is 0 Å². The van der Waals surface area contributed by atoms with Gasteiger partial charge in [0.05, 0.1) is 11.4 Å². The molecule has 0 heterocycles. The van der Waals surface area contributed by atoms with Gasteiger partial charge in [-0.15, -0.1) is 0 Å². The zero-order chi connectivity index (χ0) is 12.3. The van der Waals surface area contributed by atoms with E-state index in [9.17, 15) is 8.42 Å². The average Bonchev–Trinajstić information content (AvgIpc) is 2.33. The molecule has 2 aromatic carbocycles. The maximum atomic E-state index is 12.1. The van der Waals surface area contributed by atoms with Gasteiger partial charge in [0.25, 0.3) is 0 Å². The highest BCUT2D eigenvalue weighted by Crippen LogP contribution is 2.21. The van der Waals surface area contributed by atoms with E-state index in [4.69, 9.17) is 5.73 Å². The first-order chi connectivity index (χ1) is 8.09. The Hall–Kier alpha value is -2.01. The minimum Gasteiger partial charge on any atom is -0.397 e. The van der Waals surface area contributed by atoms with Gasteiger partial charge in [-0.1, -0.05) is 30.3 Å². The number of hydrogen-bond acceptors (Lipinski definition) is 2. The molecular weight excluding hydrogens is 236 g/mol. The molecule has 0 amide bonds. The van der Waals surface area contributed by atoms with Crippen LogP contribution in [0.4, 0.5) is 11.4 Å². The van der Waals surface area contributed by atoms with Gasteiger partial charge < -0.3 is 5.73 Å². The molecule has 4 N–H and O–H groups in total. The Bertz CT molecular complexity index is 609. The summed E-state index contributed by atoms with van der Waals surface area (Å²) >= 11 is 0. The number of para-hydroxylation sites is 2. The van der Waals surface area contributed by atoms with Crippen LogP contribution in [0.2, 0.25) is 0 Å². The normalized spacial score (nSPS) is 13.9. The fourth-order valence-electron chi connectivity index (χ4n) is 1.40. The lowest BCUT2D eigenvalue weighted by Crippen LogP contribution is -2.13. The van der Waals surface area contributed by atoms with E-state index in [0.717, 1.165) is 0 Å². The second kappa shape index (κ2) is 4.47. The molecule has 0 bridgehead atoms. The summed E-state index contributed by atoms with van der Waals surface area (Å²) in [6, 6.07) is 15.2. The average molecular weight is 249 g/mol. The van der Waals surface area contributed by atoms with Crippen molar-refractivity contribution in [3.05, 3.63) is 54.6 Å². The molecule has 17 heavy (non-hydrogen) atoms. The second-order valence-corrected chi connectivity index (χ2v) is 5.26. The summed E-state index contributed by atoms with van der Waals surface area (Å²) in [6.45, 7) is 0. The van der Waals surface area contributed by atoms with Crippen molar-refractivity contribution in [3.63, 3.8) is 0 Å². The minimum absolute atomic E-state index is 0.322. The van der Waals surface area contributed by atoms with Crippen molar-refractivity contribution < 1.29 is 8.42 Å². The van der Waals surface area contributed by atoms with Crippen molar-refractivity contribution in [2.24, 2.45) is 0 Å². The van der Waals surface area contributed by atoms with Gasteiger partial charge in [0.2, 0.25) is 0 Å². The van der Waals surface area contributed by atoms with Gasteiger partial charge in [0.1, 0.15) is 4.90 Å². The number of nitrogens with two attached hydrogens (primary N) is 1. The number of hydrogen-bond donors (Lipinski definition) is 2. The van der Waals surface area contributed by atoms with Crippen molar-refractivity contribution in [2.45, 2.75) is 4.90 Å². The van der Waals surface area contributed by atoms with Crippen LogP contribution in [0.3, 0.4) is 0 Å². The molecule has 0 aliphatic rings. The highest BCUT2D eigenvalue weighted by Gasteiger charge is 2.20. The molecule has 88 valence electrons. The van der Waals surface area contributed by atoms with Gasteiger partial charge in [0, 0.05) is 0 Å². The number of anilines is 2. The predicted octanol–water partition coefficient (Wildman–Crippen LogP) is 2.23. The van der Waals surface area contributed by atoms with Gasteiger partial charge in [-0.05, 0) is 24.3 Å². The molecule has 1 atom stereocenters. The van der Waals surface area contributed by atoms with Crippen molar-refractivity contribution in [2.75, 3.05) is 10.5 Å². The van der Waals surface area contributed by atoms with Crippen molar-refractivity contribution in [3.8, 4) is 0 Å². The Morgan fingerprint density at radius 2 is 1.59 bits per heavy atom.